The van der Waals surface area contributed by atoms with Gasteiger partial charge >= 0.3 is 0 Å². The van der Waals surface area contributed by atoms with E-state index in [1.807, 2.05) is 5.48 Å². The van der Waals surface area contributed by atoms with E-state index >= 15 is 0 Å². The molecule has 4 nitrogen and oxygen atoms in total. The maximum absolute atomic E-state index is 13.3. The van der Waals surface area contributed by atoms with Crippen LogP contribution in [0.5, 0.6) is 11.5 Å². The zero-order valence-electron chi connectivity index (χ0n) is 8.00. The molecule has 1 aromatic rings. The summed E-state index contributed by atoms with van der Waals surface area (Å²) < 4.78 is 23.1. The van der Waals surface area contributed by atoms with Gasteiger partial charge in [-0.2, -0.15) is 0 Å². The van der Waals surface area contributed by atoms with Gasteiger partial charge in [-0.3, -0.25) is 0 Å². The van der Waals surface area contributed by atoms with Gasteiger partial charge in [-0.1, -0.05) is 0 Å². The van der Waals surface area contributed by atoms with Crippen molar-refractivity contribution in [2.24, 2.45) is 0 Å². The molecular formula is C9H12FNO3. The molecule has 0 saturated carbocycles. The first-order valence-electron chi connectivity index (χ1n) is 4.00. The third-order valence-corrected chi connectivity index (χ3v) is 1.78. The molecule has 0 aliphatic carbocycles. The van der Waals surface area contributed by atoms with Gasteiger partial charge in [0.2, 0.25) is 0 Å². The molecule has 1 rings (SSSR count). The number of methoxy groups -OCH3 is 2. The van der Waals surface area contributed by atoms with Crippen LogP contribution in [0.4, 0.5) is 4.39 Å². The number of rotatable bonds is 4. The van der Waals surface area contributed by atoms with E-state index in [9.17, 15) is 4.39 Å². The molecule has 0 spiro atoms. The second kappa shape index (κ2) is 4.78. The minimum atomic E-state index is -0.517. The lowest BCUT2D eigenvalue weighted by atomic mass is 10.2. The van der Waals surface area contributed by atoms with Crippen LogP contribution in [-0.4, -0.2) is 19.4 Å². The highest BCUT2D eigenvalue weighted by Crippen LogP contribution is 2.31. The highest BCUT2D eigenvalue weighted by atomic mass is 19.1. The number of halogens is 1. The Morgan fingerprint density at radius 3 is 2.57 bits per heavy atom. The second-order valence-corrected chi connectivity index (χ2v) is 2.65. The molecular weight excluding hydrogens is 189 g/mol. The summed E-state index contributed by atoms with van der Waals surface area (Å²) in [4.78, 5) is 0. The zero-order valence-corrected chi connectivity index (χ0v) is 8.00. The average Bonchev–Trinajstić information content (AvgIpc) is 2.17. The molecule has 0 saturated heterocycles. The number of nitrogens with one attached hydrogen (secondary N) is 1. The van der Waals surface area contributed by atoms with Crippen molar-refractivity contribution in [1.29, 1.82) is 0 Å². The summed E-state index contributed by atoms with van der Waals surface area (Å²) in [5, 5.41) is 8.46. The second-order valence-electron chi connectivity index (χ2n) is 2.65. The van der Waals surface area contributed by atoms with Gasteiger partial charge < -0.3 is 14.7 Å². The predicted molar refractivity (Wildman–Crippen MR) is 48.1 cm³/mol. The van der Waals surface area contributed by atoms with E-state index in [0.29, 0.717) is 11.3 Å². The van der Waals surface area contributed by atoms with Crippen molar-refractivity contribution in [2.45, 2.75) is 6.54 Å². The molecule has 14 heavy (non-hydrogen) atoms. The summed E-state index contributed by atoms with van der Waals surface area (Å²) in [6, 6.07) is 2.86. The molecule has 5 heteroatoms. The van der Waals surface area contributed by atoms with Crippen LogP contribution in [0.15, 0.2) is 12.1 Å². The minimum Gasteiger partial charge on any atom is -0.493 e. The number of hydroxylamine groups is 1. The van der Waals surface area contributed by atoms with Gasteiger partial charge in [-0.05, 0) is 17.7 Å². The number of benzene rings is 1. The number of hydrogen-bond donors (Lipinski definition) is 2. The lowest BCUT2D eigenvalue weighted by molar-refractivity contribution is 0.161. The highest BCUT2D eigenvalue weighted by molar-refractivity contribution is 5.44. The first-order valence-corrected chi connectivity index (χ1v) is 4.00. The summed E-state index contributed by atoms with van der Waals surface area (Å²) in [6.07, 6.45) is 0. The Morgan fingerprint density at radius 1 is 1.36 bits per heavy atom. The van der Waals surface area contributed by atoms with Gasteiger partial charge in [-0.25, -0.2) is 9.87 Å². The van der Waals surface area contributed by atoms with Gasteiger partial charge in [0.1, 0.15) is 0 Å². The van der Waals surface area contributed by atoms with Gasteiger partial charge in [-0.15, -0.1) is 0 Å². The monoisotopic (exact) mass is 201 g/mol. The van der Waals surface area contributed by atoms with Crippen molar-refractivity contribution in [3.05, 3.63) is 23.5 Å². The SMILES string of the molecule is COc1cc(CNO)cc(F)c1OC. The van der Waals surface area contributed by atoms with E-state index in [1.54, 1.807) is 6.07 Å². The molecule has 0 aliphatic heterocycles. The smallest absolute Gasteiger partial charge is 0.196 e. The fourth-order valence-electron chi connectivity index (χ4n) is 1.16. The maximum atomic E-state index is 13.3. The Labute approximate surface area is 81.2 Å². The van der Waals surface area contributed by atoms with E-state index in [4.69, 9.17) is 14.7 Å². The van der Waals surface area contributed by atoms with Crippen LogP contribution in [-0.2, 0) is 6.54 Å². The van der Waals surface area contributed by atoms with Crippen LogP contribution in [0.2, 0.25) is 0 Å². The molecule has 1 aromatic carbocycles. The first-order chi connectivity index (χ1) is 6.72. The normalized spacial score (nSPS) is 10.0. The molecule has 0 heterocycles. The standard InChI is InChI=1S/C9H12FNO3/c1-13-8-4-6(5-11-12)3-7(10)9(8)14-2/h3-4,11-12H,5H2,1-2H3. The number of ether oxygens (including phenoxy) is 2. The lowest BCUT2D eigenvalue weighted by Crippen LogP contribution is -2.07. The molecule has 0 amide bonds. The zero-order chi connectivity index (χ0) is 10.6. The molecule has 2 N–H and O–H groups in total. The third kappa shape index (κ3) is 2.12. The van der Waals surface area contributed by atoms with Crippen molar-refractivity contribution in [3.63, 3.8) is 0 Å². The maximum Gasteiger partial charge on any atom is 0.196 e. The third-order valence-electron chi connectivity index (χ3n) is 1.78. The highest BCUT2D eigenvalue weighted by Gasteiger charge is 2.11. The summed E-state index contributed by atoms with van der Waals surface area (Å²) >= 11 is 0. The average molecular weight is 201 g/mol. The summed E-state index contributed by atoms with van der Waals surface area (Å²) in [7, 11) is 2.79. The molecule has 0 radical (unpaired) electrons. The summed E-state index contributed by atoms with van der Waals surface area (Å²) in [6.45, 7) is 0.150. The van der Waals surface area contributed by atoms with E-state index in [2.05, 4.69) is 0 Å². The molecule has 78 valence electrons. The van der Waals surface area contributed by atoms with Crippen LogP contribution in [0.1, 0.15) is 5.56 Å². The summed E-state index contributed by atoms with van der Waals surface area (Å²) in [5.74, 6) is -0.149. The first kappa shape index (κ1) is 10.7. The fraction of sp³-hybridized carbons (Fsp3) is 0.333. The molecule has 0 bridgehead atoms. The van der Waals surface area contributed by atoms with Crippen molar-refractivity contribution in [3.8, 4) is 11.5 Å². The van der Waals surface area contributed by atoms with Crippen LogP contribution in [0.25, 0.3) is 0 Å². The molecule has 0 fully saturated rings. The molecule has 0 unspecified atom stereocenters. The van der Waals surface area contributed by atoms with Crippen LogP contribution >= 0.6 is 0 Å². The Balaban J connectivity index is 3.10. The van der Waals surface area contributed by atoms with Crippen molar-refractivity contribution in [1.82, 2.24) is 5.48 Å². The molecule has 0 atom stereocenters. The van der Waals surface area contributed by atoms with E-state index in [1.165, 1.54) is 20.3 Å². The van der Waals surface area contributed by atoms with Gasteiger partial charge in [0.05, 0.1) is 14.2 Å². The van der Waals surface area contributed by atoms with Crippen molar-refractivity contribution >= 4 is 0 Å². The molecule has 0 aromatic heterocycles. The Kier molecular flexibility index (Phi) is 3.67. The lowest BCUT2D eigenvalue weighted by Gasteiger charge is -2.10. The van der Waals surface area contributed by atoms with Crippen molar-refractivity contribution < 1.29 is 19.1 Å². The Bertz CT molecular complexity index is 317. The van der Waals surface area contributed by atoms with E-state index < -0.39 is 5.82 Å². The van der Waals surface area contributed by atoms with E-state index in [-0.39, 0.29) is 12.3 Å². The van der Waals surface area contributed by atoms with Crippen LogP contribution in [0.3, 0.4) is 0 Å². The van der Waals surface area contributed by atoms with Gasteiger partial charge in [0.25, 0.3) is 0 Å². The Morgan fingerprint density at radius 2 is 2.07 bits per heavy atom. The van der Waals surface area contributed by atoms with E-state index in [0.717, 1.165) is 0 Å². The quantitative estimate of drug-likeness (QED) is 0.721. The topological polar surface area (TPSA) is 50.7 Å². The predicted octanol–water partition coefficient (Wildman–Crippen LogP) is 1.32. The number of hydrogen-bond acceptors (Lipinski definition) is 4. The van der Waals surface area contributed by atoms with Gasteiger partial charge in [0.15, 0.2) is 17.3 Å². The Hall–Kier alpha value is -1.33. The van der Waals surface area contributed by atoms with Gasteiger partial charge in [0, 0.05) is 6.54 Å². The largest absolute Gasteiger partial charge is 0.493 e. The fourth-order valence-corrected chi connectivity index (χ4v) is 1.16. The van der Waals surface area contributed by atoms with Crippen molar-refractivity contribution in [2.75, 3.05) is 14.2 Å². The summed E-state index contributed by atoms with van der Waals surface area (Å²) in [5.41, 5.74) is 2.51. The minimum absolute atomic E-state index is 0.0641. The molecule has 0 aliphatic rings. The van der Waals surface area contributed by atoms with Crippen LogP contribution in [0, 0.1) is 5.82 Å². The van der Waals surface area contributed by atoms with Crippen LogP contribution < -0.4 is 15.0 Å².